The molecule has 0 aromatic heterocycles. The van der Waals surface area contributed by atoms with Crippen LogP contribution in [0.5, 0.6) is 0 Å². The lowest BCUT2D eigenvalue weighted by Gasteiger charge is -2.30. The third-order valence-electron chi connectivity index (χ3n) is 2.67. The van der Waals surface area contributed by atoms with Gasteiger partial charge in [-0.15, -0.1) is 0 Å². The van der Waals surface area contributed by atoms with E-state index in [0.717, 1.165) is 12.1 Å². The van der Waals surface area contributed by atoms with Crippen LogP contribution in [-0.4, -0.2) is 23.7 Å². The number of para-hydroxylation sites is 1. The van der Waals surface area contributed by atoms with Gasteiger partial charge in [-0.1, -0.05) is 37.6 Å². The molecule has 1 aromatic carbocycles. The molecule has 94 valence electrons. The van der Waals surface area contributed by atoms with Crippen molar-refractivity contribution in [1.82, 2.24) is 0 Å². The number of carboxylic acids is 1. The van der Waals surface area contributed by atoms with E-state index < -0.39 is 12.0 Å². The van der Waals surface area contributed by atoms with E-state index in [1.165, 1.54) is 0 Å². The number of hydrogen-bond donors (Lipinski definition) is 1. The van der Waals surface area contributed by atoms with Gasteiger partial charge >= 0.3 is 5.97 Å². The molecule has 0 spiro atoms. The number of carbonyl (C=O) groups is 1. The molecular formula is C13H18ClNO2. The number of carboxylic acid groups (broad SMARTS) is 1. The molecule has 0 fully saturated rings. The van der Waals surface area contributed by atoms with Crippen LogP contribution in [0.25, 0.3) is 0 Å². The Morgan fingerprint density at radius 2 is 2.06 bits per heavy atom. The van der Waals surface area contributed by atoms with Crippen LogP contribution in [0, 0.1) is 0 Å². The second-order valence-electron chi connectivity index (χ2n) is 3.91. The van der Waals surface area contributed by atoms with Gasteiger partial charge in [0.05, 0.1) is 10.7 Å². The Balaban J connectivity index is 3.08. The summed E-state index contributed by atoms with van der Waals surface area (Å²) in [6.07, 6.45) is 1.44. The minimum atomic E-state index is -0.805. The molecule has 1 aromatic rings. The van der Waals surface area contributed by atoms with E-state index in [1.54, 1.807) is 6.07 Å². The Kier molecular flexibility index (Phi) is 5.29. The van der Waals surface area contributed by atoms with Gasteiger partial charge < -0.3 is 10.0 Å². The van der Waals surface area contributed by atoms with Crippen molar-refractivity contribution >= 4 is 23.3 Å². The van der Waals surface area contributed by atoms with Gasteiger partial charge in [-0.2, -0.15) is 0 Å². The van der Waals surface area contributed by atoms with Gasteiger partial charge in [0.15, 0.2) is 0 Å². The van der Waals surface area contributed by atoms with Crippen LogP contribution >= 0.6 is 11.6 Å². The average Bonchev–Trinajstić information content (AvgIpc) is 2.29. The molecule has 1 N–H and O–H groups in total. The zero-order valence-corrected chi connectivity index (χ0v) is 10.9. The number of halogens is 1. The Bertz CT molecular complexity index is 381. The summed E-state index contributed by atoms with van der Waals surface area (Å²) in [6, 6.07) is 6.85. The van der Waals surface area contributed by atoms with Crippen molar-refractivity contribution < 1.29 is 9.90 Å². The number of rotatable bonds is 6. The van der Waals surface area contributed by atoms with Gasteiger partial charge in [-0.05, 0) is 25.0 Å². The van der Waals surface area contributed by atoms with Crippen molar-refractivity contribution in [3.05, 3.63) is 29.3 Å². The zero-order chi connectivity index (χ0) is 12.8. The summed E-state index contributed by atoms with van der Waals surface area (Å²) in [7, 11) is 0. The molecule has 0 saturated heterocycles. The van der Waals surface area contributed by atoms with Crippen LogP contribution < -0.4 is 4.90 Å². The van der Waals surface area contributed by atoms with Crippen molar-refractivity contribution in [3.63, 3.8) is 0 Å². The second-order valence-corrected chi connectivity index (χ2v) is 4.31. The fraction of sp³-hybridized carbons (Fsp3) is 0.462. The first-order valence-electron chi connectivity index (χ1n) is 5.85. The lowest BCUT2D eigenvalue weighted by molar-refractivity contribution is -0.138. The monoisotopic (exact) mass is 255 g/mol. The molecule has 4 heteroatoms. The zero-order valence-electron chi connectivity index (χ0n) is 10.2. The van der Waals surface area contributed by atoms with Gasteiger partial charge in [-0.25, -0.2) is 4.79 Å². The molecule has 1 rings (SSSR count). The maximum atomic E-state index is 11.2. The first kappa shape index (κ1) is 13.8. The Morgan fingerprint density at radius 3 is 2.53 bits per heavy atom. The Hall–Kier alpha value is -1.22. The molecule has 0 bridgehead atoms. The summed E-state index contributed by atoms with van der Waals surface area (Å²) in [5.74, 6) is -0.805. The van der Waals surface area contributed by atoms with Gasteiger partial charge in [0.25, 0.3) is 0 Å². The summed E-state index contributed by atoms with van der Waals surface area (Å²) in [6.45, 7) is 4.59. The molecule has 0 amide bonds. The molecule has 3 nitrogen and oxygen atoms in total. The lowest BCUT2D eigenvalue weighted by atomic mass is 10.1. The minimum Gasteiger partial charge on any atom is -0.480 e. The fourth-order valence-corrected chi connectivity index (χ4v) is 2.14. The Labute approximate surface area is 107 Å². The van der Waals surface area contributed by atoms with Crippen molar-refractivity contribution in [2.75, 3.05) is 11.4 Å². The van der Waals surface area contributed by atoms with Crippen LogP contribution in [0.2, 0.25) is 5.02 Å². The van der Waals surface area contributed by atoms with E-state index in [1.807, 2.05) is 36.9 Å². The van der Waals surface area contributed by atoms with Gasteiger partial charge in [-0.3, -0.25) is 0 Å². The Morgan fingerprint density at radius 1 is 1.41 bits per heavy atom. The largest absolute Gasteiger partial charge is 0.480 e. The van der Waals surface area contributed by atoms with Gasteiger partial charge in [0, 0.05) is 6.54 Å². The third kappa shape index (κ3) is 3.37. The number of nitrogens with zero attached hydrogens (tertiary/aromatic N) is 1. The first-order chi connectivity index (χ1) is 8.11. The standard InChI is InChI=1S/C13H18ClNO2/c1-3-9-15(11(4-2)13(16)17)12-8-6-5-7-10(12)14/h5-8,11H,3-4,9H2,1-2H3,(H,16,17). The summed E-state index contributed by atoms with van der Waals surface area (Å²) in [5, 5.41) is 9.84. The summed E-state index contributed by atoms with van der Waals surface area (Å²) >= 11 is 6.13. The highest BCUT2D eigenvalue weighted by molar-refractivity contribution is 6.33. The topological polar surface area (TPSA) is 40.5 Å². The van der Waals surface area contributed by atoms with Crippen LogP contribution in [0.1, 0.15) is 26.7 Å². The van der Waals surface area contributed by atoms with E-state index in [9.17, 15) is 9.90 Å². The minimum absolute atomic E-state index is 0.519. The molecule has 0 saturated carbocycles. The number of hydrogen-bond acceptors (Lipinski definition) is 2. The normalized spacial score (nSPS) is 12.2. The molecule has 0 radical (unpaired) electrons. The molecule has 0 aliphatic carbocycles. The average molecular weight is 256 g/mol. The number of anilines is 1. The van der Waals surface area contributed by atoms with Crippen LogP contribution in [0.15, 0.2) is 24.3 Å². The van der Waals surface area contributed by atoms with Crippen LogP contribution in [-0.2, 0) is 4.79 Å². The summed E-state index contributed by atoms with van der Waals surface area (Å²) < 4.78 is 0. The number of benzene rings is 1. The van der Waals surface area contributed by atoms with Crippen molar-refractivity contribution in [2.45, 2.75) is 32.7 Å². The molecular weight excluding hydrogens is 238 g/mol. The molecule has 1 atom stereocenters. The van der Waals surface area contributed by atoms with E-state index in [0.29, 0.717) is 18.0 Å². The van der Waals surface area contributed by atoms with Crippen LogP contribution in [0.3, 0.4) is 0 Å². The SMILES string of the molecule is CCCN(c1ccccc1Cl)C(CC)C(=O)O. The van der Waals surface area contributed by atoms with E-state index in [4.69, 9.17) is 11.6 Å². The lowest BCUT2D eigenvalue weighted by Crippen LogP contribution is -2.41. The van der Waals surface area contributed by atoms with E-state index in [2.05, 4.69) is 0 Å². The molecule has 17 heavy (non-hydrogen) atoms. The predicted molar refractivity (Wildman–Crippen MR) is 70.8 cm³/mol. The first-order valence-corrected chi connectivity index (χ1v) is 6.23. The van der Waals surface area contributed by atoms with Gasteiger partial charge in [0.2, 0.25) is 0 Å². The van der Waals surface area contributed by atoms with E-state index >= 15 is 0 Å². The quantitative estimate of drug-likeness (QED) is 0.847. The molecule has 0 aliphatic heterocycles. The molecule has 0 aliphatic rings. The van der Waals surface area contributed by atoms with Crippen LogP contribution in [0.4, 0.5) is 5.69 Å². The van der Waals surface area contributed by atoms with Crippen molar-refractivity contribution in [1.29, 1.82) is 0 Å². The highest BCUT2D eigenvalue weighted by Gasteiger charge is 2.24. The molecule has 0 heterocycles. The highest BCUT2D eigenvalue weighted by atomic mass is 35.5. The molecule has 1 unspecified atom stereocenters. The van der Waals surface area contributed by atoms with Gasteiger partial charge in [0.1, 0.15) is 6.04 Å². The van der Waals surface area contributed by atoms with Crippen molar-refractivity contribution in [3.8, 4) is 0 Å². The summed E-state index contributed by atoms with van der Waals surface area (Å²) in [4.78, 5) is 13.1. The smallest absolute Gasteiger partial charge is 0.326 e. The second kappa shape index (κ2) is 6.50. The third-order valence-corrected chi connectivity index (χ3v) is 2.99. The maximum absolute atomic E-state index is 11.2. The highest BCUT2D eigenvalue weighted by Crippen LogP contribution is 2.27. The van der Waals surface area contributed by atoms with E-state index in [-0.39, 0.29) is 0 Å². The number of aliphatic carboxylic acids is 1. The fourth-order valence-electron chi connectivity index (χ4n) is 1.90. The maximum Gasteiger partial charge on any atom is 0.326 e. The predicted octanol–water partition coefficient (Wildman–Crippen LogP) is 3.42. The van der Waals surface area contributed by atoms with Crippen molar-refractivity contribution in [2.24, 2.45) is 0 Å². The summed E-state index contributed by atoms with van der Waals surface area (Å²) in [5.41, 5.74) is 0.797.